The number of phenolic OH excluding ortho intramolecular Hbond substituents is 1. The lowest BCUT2D eigenvalue weighted by molar-refractivity contribution is -0.149. The molecule has 3 heterocycles. The molecule has 1 aliphatic rings. The van der Waals surface area contributed by atoms with Crippen molar-refractivity contribution in [3.8, 4) is 17.0 Å². The van der Waals surface area contributed by atoms with E-state index in [-0.39, 0.29) is 11.7 Å². The van der Waals surface area contributed by atoms with Crippen molar-refractivity contribution < 1.29 is 19.2 Å². The molecule has 0 unspecified atom stereocenters. The standard InChI is InChI=1S/C21H22N4O4/c1-14-11-19(29-24-14)21(20(27)28-2)7-9-25(10-8-21)15-12-17(23-22-13-15)16-5-3-4-6-18(16)26/h3-6,11-13,26H,7-10H2,1-2H3. The molecule has 0 saturated carbocycles. The van der Waals surface area contributed by atoms with Crippen molar-refractivity contribution >= 4 is 11.7 Å². The fourth-order valence-electron chi connectivity index (χ4n) is 3.83. The molecule has 0 amide bonds. The van der Waals surface area contributed by atoms with Crippen LogP contribution in [-0.2, 0) is 14.9 Å². The van der Waals surface area contributed by atoms with Crippen molar-refractivity contribution in [3.63, 3.8) is 0 Å². The van der Waals surface area contributed by atoms with Gasteiger partial charge in [-0.2, -0.15) is 10.2 Å². The number of nitrogens with zero attached hydrogens (tertiary/aromatic N) is 4. The fourth-order valence-corrected chi connectivity index (χ4v) is 3.83. The van der Waals surface area contributed by atoms with Gasteiger partial charge >= 0.3 is 5.97 Å². The average molecular weight is 394 g/mol. The summed E-state index contributed by atoms with van der Waals surface area (Å²) in [4.78, 5) is 14.8. The summed E-state index contributed by atoms with van der Waals surface area (Å²) in [7, 11) is 1.39. The minimum atomic E-state index is -0.840. The Kier molecular flexibility index (Phi) is 4.92. The zero-order chi connectivity index (χ0) is 20.4. The number of phenols is 1. The van der Waals surface area contributed by atoms with Crippen LogP contribution in [0.2, 0.25) is 0 Å². The Balaban J connectivity index is 1.59. The zero-order valence-electron chi connectivity index (χ0n) is 16.3. The molecule has 1 fully saturated rings. The van der Waals surface area contributed by atoms with E-state index < -0.39 is 5.41 Å². The molecular formula is C21H22N4O4. The number of aromatic hydroxyl groups is 1. The third-order valence-corrected chi connectivity index (χ3v) is 5.48. The van der Waals surface area contributed by atoms with Gasteiger partial charge in [-0.25, -0.2) is 0 Å². The molecule has 4 rings (SSSR count). The molecule has 8 heteroatoms. The van der Waals surface area contributed by atoms with E-state index in [1.54, 1.807) is 30.5 Å². The number of aromatic nitrogens is 3. The van der Waals surface area contributed by atoms with E-state index in [9.17, 15) is 9.90 Å². The van der Waals surface area contributed by atoms with E-state index in [1.807, 2.05) is 19.1 Å². The van der Waals surface area contributed by atoms with Crippen molar-refractivity contribution in [1.29, 1.82) is 0 Å². The number of hydrogen-bond acceptors (Lipinski definition) is 8. The summed E-state index contributed by atoms with van der Waals surface area (Å²) in [6.07, 6.45) is 2.75. The number of aryl methyl sites for hydroxylation is 1. The summed E-state index contributed by atoms with van der Waals surface area (Å²) >= 11 is 0. The van der Waals surface area contributed by atoms with Crippen molar-refractivity contribution in [3.05, 3.63) is 54.0 Å². The van der Waals surface area contributed by atoms with Gasteiger partial charge in [-0.1, -0.05) is 17.3 Å². The molecule has 1 aliphatic heterocycles. The number of benzene rings is 1. The third-order valence-electron chi connectivity index (χ3n) is 5.48. The minimum Gasteiger partial charge on any atom is -0.507 e. The molecule has 0 bridgehead atoms. The van der Waals surface area contributed by atoms with Crippen LogP contribution in [0.1, 0.15) is 24.3 Å². The number of carbonyl (C=O) groups is 1. The van der Waals surface area contributed by atoms with Gasteiger partial charge in [0.15, 0.2) is 5.76 Å². The first-order valence-electron chi connectivity index (χ1n) is 9.42. The van der Waals surface area contributed by atoms with Gasteiger partial charge in [0.2, 0.25) is 0 Å². The fraction of sp³-hybridized carbons (Fsp3) is 0.333. The summed E-state index contributed by atoms with van der Waals surface area (Å²) in [5.74, 6) is 0.392. The Morgan fingerprint density at radius 2 is 2.00 bits per heavy atom. The summed E-state index contributed by atoms with van der Waals surface area (Å²) < 4.78 is 10.5. The molecule has 1 aromatic carbocycles. The molecule has 1 N–H and O–H groups in total. The quantitative estimate of drug-likeness (QED) is 0.674. The highest BCUT2D eigenvalue weighted by atomic mass is 16.5. The third kappa shape index (κ3) is 3.41. The predicted molar refractivity (Wildman–Crippen MR) is 106 cm³/mol. The van der Waals surface area contributed by atoms with Crippen LogP contribution in [0.25, 0.3) is 11.3 Å². The van der Waals surface area contributed by atoms with E-state index in [0.29, 0.717) is 42.9 Å². The maximum absolute atomic E-state index is 12.6. The maximum Gasteiger partial charge on any atom is 0.319 e. The van der Waals surface area contributed by atoms with E-state index in [0.717, 1.165) is 11.4 Å². The van der Waals surface area contributed by atoms with Crippen molar-refractivity contribution in [2.45, 2.75) is 25.2 Å². The van der Waals surface area contributed by atoms with Gasteiger partial charge < -0.3 is 19.3 Å². The van der Waals surface area contributed by atoms with Crippen LogP contribution in [0.4, 0.5) is 5.69 Å². The Hall–Kier alpha value is -3.42. The molecule has 0 atom stereocenters. The Bertz CT molecular complexity index is 1020. The molecule has 150 valence electrons. The molecule has 0 radical (unpaired) electrons. The normalized spacial score (nSPS) is 15.9. The Morgan fingerprint density at radius 1 is 1.24 bits per heavy atom. The number of methoxy groups -OCH3 is 1. The molecule has 0 spiro atoms. The number of piperidine rings is 1. The Labute approximate surface area is 168 Å². The topological polar surface area (TPSA) is 102 Å². The van der Waals surface area contributed by atoms with Crippen LogP contribution in [0.3, 0.4) is 0 Å². The molecule has 8 nitrogen and oxygen atoms in total. The molecule has 3 aromatic rings. The van der Waals surface area contributed by atoms with Gasteiger partial charge in [-0.05, 0) is 38.0 Å². The average Bonchev–Trinajstić information content (AvgIpc) is 3.20. The highest BCUT2D eigenvalue weighted by Crippen LogP contribution is 2.39. The number of anilines is 1. The molecule has 2 aromatic heterocycles. The van der Waals surface area contributed by atoms with Crippen LogP contribution in [-0.4, -0.2) is 46.6 Å². The van der Waals surface area contributed by atoms with Gasteiger partial charge in [-0.15, -0.1) is 0 Å². The number of carbonyl (C=O) groups excluding carboxylic acids is 1. The summed E-state index contributed by atoms with van der Waals surface area (Å²) in [5.41, 5.74) is 1.99. The molecule has 0 aliphatic carbocycles. The Morgan fingerprint density at radius 3 is 2.66 bits per heavy atom. The van der Waals surface area contributed by atoms with Crippen molar-refractivity contribution in [2.75, 3.05) is 25.1 Å². The highest BCUT2D eigenvalue weighted by Gasteiger charge is 2.47. The number of para-hydroxylation sites is 1. The van der Waals surface area contributed by atoms with Crippen molar-refractivity contribution in [2.24, 2.45) is 0 Å². The first kappa shape index (κ1) is 18.9. The second-order valence-electron chi connectivity index (χ2n) is 7.21. The van der Waals surface area contributed by atoms with Crippen LogP contribution < -0.4 is 4.90 Å². The first-order valence-corrected chi connectivity index (χ1v) is 9.42. The predicted octanol–water partition coefficient (Wildman–Crippen LogP) is 2.86. The number of rotatable bonds is 4. The van der Waals surface area contributed by atoms with Gasteiger partial charge in [0.25, 0.3) is 0 Å². The van der Waals surface area contributed by atoms with Gasteiger partial charge in [-0.3, -0.25) is 4.79 Å². The van der Waals surface area contributed by atoms with Gasteiger partial charge in [0.05, 0.1) is 30.4 Å². The monoisotopic (exact) mass is 394 g/mol. The first-order chi connectivity index (χ1) is 14.0. The lowest BCUT2D eigenvalue weighted by atomic mass is 9.76. The molecule has 1 saturated heterocycles. The summed E-state index contributed by atoms with van der Waals surface area (Å²) in [6.45, 7) is 3.05. The van der Waals surface area contributed by atoms with Gasteiger partial charge in [0.1, 0.15) is 11.2 Å². The van der Waals surface area contributed by atoms with Crippen LogP contribution >= 0.6 is 0 Å². The van der Waals surface area contributed by atoms with E-state index in [1.165, 1.54) is 7.11 Å². The number of esters is 1. The second-order valence-corrected chi connectivity index (χ2v) is 7.21. The molecule has 29 heavy (non-hydrogen) atoms. The largest absolute Gasteiger partial charge is 0.507 e. The van der Waals surface area contributed by atoms with Crippen molar-refractivity contribution in [1.82, 2.24) is 15.4 Å². The molecular weight excluding hydrogens is 372 g/mol. The number of hydrogen-bond donors (Lipinski definition) is 1. The van der Waals surface area contributed by atoms with Gasteiger partial charge in [0, 0.05) is 24.7 Å². The van der Waals surface area contributed by atoms with Crippen LogP contribution in [0.15, 0.2) is 47.1 Å². The number of ether oxygens (including phenoxy) is 1. The highest BCUT2D eigenvalue weighted by molar-refractivity contribution is 5.83. The zero-order valence-corrected chi connectivity index (χ0v) is 16.3. The smallest absolute Gasteiger partial charge is 0.319 e. The lowest BCUT2D eigenvalue weighted by Crippen LogP contribution is -2.47. The van der Waals surface area contributed by atoms with E-state index >= 15 is 0 Å². The van der Waals surface area contributed by atoms with E-state index in [2.05, 4.69) is 20.3 Å². The summed E-state index contributed by atoms with van der Waals surface area (Å²) in [6, 6.07) is 10.7. The van der Waals surface area contributed by atoms with Crippen LogP contribution in [0.5, 0.6) is 5.75 Å². The lowest BCUT2D eigenvalue weighted by Gasteiger charge is -2.38. The summed E-state index contributed by atoms with van der Waals surface area (Å²) in [5, 5.41) is 22.3. The maximum atomic E-state index is 12.6. The van der Waals surface area contributed by atoms with E-state index in [4.69, 9.17) is 9.26 Å². The van der Waals surface area contributed by atoms with Crippen LogP contribution in [0, 0.1) is 6.92 Å². The minimum absolute atomic E-state index is 0.156. The SMILES string of the molecule is COC(=O)C1(c2cc(C)no2)CCN(c2cnnc(-c3ccccc3O)c2)CC1. The second kappa shape index (κ2) is 7.54.